The van der Waals surface area contributed by atoms with E-state index in [4.69, 9.17) is 9.47 Å². The van der Waals surface area contributed by atoms with Gasteiger partial charge in [-0.2, -0.15) is 0 Å². The van der Waals surface area contributed by atoms with E-state index in [1.807, 2.05) is 43.5 Å². The Morgan fingerprint density at radius 1 is 1.18 bits per heavy atom. The van der Waals surface area contributed by atoms with Crippen LogP contribution in [-0.4, -0.2) is 35.3 Å². The van der Waals surface area contributed by atoms with E-state index in [0.717, 1.165) is 16.7 Å². The second kappa shape index (κ2) is 10.3. The zero-order valence-electron chi connectivity index (χ0n) is 19.3. The maximum atomic E-state index is 13.0. The number of ether oxygens (including phenoxy) is 2. The first-order valence-electron chi connectivity index (χ1n) is 10.7. The number of aryl methyl sites for hydroxylation is 1. The van der Waals surface area contributed by atoms with Gasteiger partial charge in [0.25, 0.3) is 5.56 Å². The molecule has 0 aliphatic heterocycles. The molecule has 0 saturated heterocycles. The second-order valence-electron chi connectivity index (χ2n) is 7.64. The minimum absolute atomic E-state index is 0.214. The highest BCUT2D eigenvalue weighted by molar-refractivity contribution is 8.00. The number of aromatic nitrogens is 2. The molecule has 9 heteroatoms. The van der Waals surface area contributed by atoms with Crippen LogP contribution >= 0.6 is 23.1 Å². The van der Waals surface area contributed by atoms with Crippen LogP contribution in [0.3, 0.4) is 0 Å². The van der Waals surface area contributed by atoms with Crippen LogP contribution in [0.5, 0.6) is 11.5 Å². The molecule has 176 valence electrons. The average molecular weight is 496 g/mol. The van der Waals surface area contributed by atoms with Gasteiger partial charge in [0.05, 0.1) is 30.5 Å². The first-order chi connectivity index (χ1) is 16.4. The molecule has 0 bridgehead atoms. The summed E-state index contributed by atoms with van der Waals surface area (Å²) in [4.78, 5) is 34.2. The normalized spacial score (nSPS) is 11.9. The van der Waals surface area contributed by atoms with Crippen LogP contribution in [0.15, 0.2) is 57.8 Å². The fourth-order valence-corrected chi connectivity index (χ4v) is 5.42. The van der Waals surface area contributed by atoms with Crippen LogP contribution in [0, 0.1) is 6.92 Å². The van der Waals surface area contributed by atoms with E-state index in [9.17, 15) is 9.59 Å². The molecule has 1 amide bonds. The number of thioether (sulfide) groups is 1. The highest BCUT2D eigenvalue weighted by Crippen LogP contribution is 2.33. The quantitative estimate of drug-likeness (QED) is 0.248. The van der Waals surface area contributed by atoms with Crippen molar-refractivity contribution < 1.29 is 14.3 Å². The number of hydrogen-bond donors (Lipinski definition) is 2. The van der Waals surface area contributed by atoms with Crippen molar-refractivity contribution >= 4 is 44.9 Å². The highest BCUT2D eigenvalue weighted by atomic mass is 32.2. The van der Waals surface area contributed by atoms with Gasteiger partial charge in [-0.1, -0.05) is 48.5 Å². The highest BCUT2D eigenvalue weighted by Gasteiger charge is 2.22. The Balaban J connectivity index is 1.58. The molecule has 0 aliphatic carbocycles. The standard InChI is InChI=1S/C25H25N3O4S2/c1-5-20(22(29)26-18-12-16(31-3)10-11-19(18)32-4)34-25-27-23(30)21-17(13-33-24(21)28-25)15-8-6-14(2)7-9-15/h6-13,20H,5H2,1-4H3,(H,26,29)(H,27,28,30). The number of nitrogens with one attached hydrogen (secondary N) is 2. The maximum absolute atomic E-state index is 13.0. The van der Waals surface area contributed by atoms with Gasteiger partial charge >= 0.3 is 0 Å². The molecule has 34 heavy (non-hydrogen) atoms. The van der Waals surface area contributed by atoms with Crippen molar-refractivity contribution in [2.75, 3.05) is 19.5 Å². The van der Waals surface area contributed by atoms with Gasteiger partial charge in [0, 0.05) is 17.0 Å². The van der Waals surface area contributed by atoms with E-state index in [1.165, 1.54) is 23.1 Å². The maximum Gasteiger partial charge on any atom is 0.260 e. The third kappa shape index (κ3) is 4.95. The van der Waals surface area contributed by atoms with Gasteiger partial charge < -0.3 is 19.8 Å². The predicted octanol–water partition coefficient (Wildman–Crippen LogP) is 5.49. The smallest absolute Gasteiger partial charge is 0.260 e. The monoisotopic (exact) mass is 495 g/mol. The molecule has 2 heterocycles. The van der Waals surface area contributed by atoms with Gasteiger partial charge in [0.15, 0.2) is 5.16 Å². The number of carbonyl (C=O) groups excluding carboxylic acids is 1. The Kier molecular flexibility index (Phi) is 7.23. The number of nitrogens with zero attached hydrogens (tertiary/aromatic N) is 1. The summed E-state index contributed by atoms with van der Waals surface area (Å²) in [5.74, 6) is 0.924. The van der Waals surface area contributed by atoms with E-state index in [1.54, 1.807) is 32.4 Å². The molecule has 0 saturated carbocycles. The predicted molar refractivity (Wildman–Crippen MR) is 139 cm³/mol. The van der Waals surface area contributed by atoms with Crippen molar-refractivity contribution in [1.82, 2.24) is 9.97 Å². The van der Waals surface area contributed by atoms with E-state index >= 15 is 0 Å². The van der Waals surface area contributed by atoms with Crippen molar-refractivity contribution in [2.24, 2.45) is 0 Å². The molecule has 0 radical (unpaired) electrons. The van der Waals surface area contributed by atoms with Gasteiger partial charge in [-0.25, -0.2) is 4.98 Å². The molecule has 1 unspecified atom stereocenters. The number of methoxy groups -OCH3 is 2. The number of thiophene rings is 1. The lowest BCUT2D eigenvalue weighted by Gasteiger charge is -2.16. The Morgan fingerprint density at radius 2 is 1.94 bits per heavy atom. The summed E-state index contributed by atoms with van der Waals surface area (Å²) in [5, 5.41) is 5.37. The molecule has 4 rings (SSSR count). The number of anilines is 1. The fourth-order valence-electron chi connectivity index (χ4n) is 3.51. The molecule has 2 aromatic carbocycles. The zero-order valence-corrected chi connectivity index (χ0v) is 20.9. The summed E-state index contributed by atoms with van der Waals surface area (Å²) in [6.45, 7) is 3.94. The number of fused-ring (bicyclic) bond motifs is 1. The number of carbonyl (C=O) groups is 1. The van der Waals surface area contributed by atoms with Crippen molar-refractivity contribution in [3.63, 3.8) is 0 Å². The number of H-pyrrole nitrogens is 1. The Bertz CT molecular complexity index is 1380. The van der Waals surface area contributed by atoms with E-state index in [-0.39, 0.29) is 11.5 Å². The topological polar surface area (TPSA) is 93.3 Å². The first-order valence-corrected chi connectivity index (χ1v) is 12.5. The second-order valence-corrected chi connectivity index (χ2v) is 9.69. The number of hydrogen-bond acceptors (Lipinski definition) is 7. The summed E-state index contributed by atoms with van der Waals surface area (Å²) in [6.07, 6.45) is 0.545. The molecule has 2 aromatic heterocycles. The van der Waals surface area contributed by atoms with Gasteiger partial charge in [0.2, 0.25) is 5.91 Å². The zero-order chi connectivity index (χ0) is 24.2. The van der Waals surface area contributed by atoms with E-state index in [0.29, 0.717) is 39.0 Å². The molecule has 0 aliphatic rings. The van der Waals surface area contributed by atoms with E-state index < -0.39 is 5.25 Å². The minimum Gasteiger partial charge on any atom is -0.497 e. The first kappa shape index (κ1) is 23.8. The molecule has 7 nitrogen and oxygen atoms in total. The van der Waals surface area contributed by atoms with Crippen LogP contribution in [0.2, 0.25) is 0 Å². The van der Waals surface area contributed by atoms with Crippen molar-refractivity contribution in [3.05, 3.63) is 63.8 Å². The van der Waals surface area contributed by atoms with Crippen molar-refractivity contribution in [2.45, 2.75) is 30.7 Å². The number of rotatable bonds is 8. The third-order valence-corrected chi connectivity index (χ3v) is 7.49. The Labute approximate surface area is 205 Å². The largest absolute Gasteiger partial charge is 0.497 e. The van der Waals surface area contributed by atoms with E-state index in [2.05, 4.69) is 15.3 Å². The summed E-state index contributed by atoms with van der Waals surface area (Å²) < 4.78 is 10.6. The SMILES string of the molecule is CCC(Sc1nc2scc(-c3ccc(C)cc3)c2c(=O)[nH]1)C(=O)Nc1cc(OC)ccc1OC. The lowest BCUT2D eigenvalue weighted by Crippen LogP contribution is -2.25. The van der Waals surface area contributed by atoms with Crippen LogP contribution < -0.4 is 20.3 Å². The van der Waals surface area contributed by atoms with Crippen molar-refractivity contribution in [1.29, 1.82) is 0 Å². The van der Waals surface area contributed by atoms with Crippen LogP contribution in [0.4, 0.5) is 5.69 Å². The number of benzene rings is 2. The number of aromatic amines is 1. The van der Waals surface area contributed by atoms with Gasteiger partial charge in [-0.05, 0) is 31.0 Å². The lowest BCUT2D eigenvalue weighted by molar-refractivity contribution is -0.115. The van der Waals surface area contributed by atoms with Gasteiger partial charge in [-0.3, -0.25) is 9.59 Å². The molecular formula is C25H25N3O4S2. The number of amides is 1. The summed E-state index contributed by atoms with van der Waals surface area (Å²) in [5.41, 5.74) is 3.30. The molecular weight excluding hydrogens is 470 g/mol. The molecule has 1 atom stereocenters. The molecule has 0 spiro atoms. The summed E-state index contributed by atoms with van der Waals surface area (Å²) >= 11 is 2.65. The van der Waals surface area contributed by atoms with Gasteiger partial charge in [0.1, 0.15) is 16.3 Å². The average Bonchev–Trinajstić information content (AvgIpc) is 3.27. The van der Waals surface area contributed by atoms with Crippen LogP contribution in [0.1, 0.15) is 18.9 Å². The van der Waals surface area contributed by atoms with Crippen LogP contribution in [0.25, 0.3) is 21.3 Å². The summed E-state index contributed by atoms with van der Waals surface area (Å²) in [6, 6.07) is 13.2. The molecule has 4 aromatic rings. The Morgan fingerprint density at radius 3 is 2.62 bits per heavy atom. The van der Waals surface area contributed by atoms with Crippen LogP contribution in [-0.2, 0) is 4.79 Å². The van der Waals surface area contributed by atoms with Crippen molar-refractivity contribution in [3.8, 4) is 22.6 Å². The third-order valence-electron chi connectivity index (χ3n) is 5.37. The Hall–Kier alpha value is -3.30. The van der Waals surface area contributed by atoms with Gasteiger partial charge in [-0.15, -0.1) is 11.3 Å². The lowest BCUT2D eigenvalue weighted by atomic mass is 10.1. The fraction of sp³-hybridized carbons (Fsp3) is 0.240. The molecule has 0 fully saturated rings. The summed E-state index contributed by atoms with van der Waals surface area (Å²) in [7, 11) is 3.10. The molecule has 2 N–H and O–H groups in total. The minimum atomic E-state index is -0.465.